The Balaban J connectivity index is 2.23. The number of pyridine rings is 1. The third-order valence-corrected chi connectivity index (χ3v) is 3.55. The molecule has 1 heterocycles. The third kappa shape index (κ3) is 3.39. The molecule has 2 nitrogen and oxygen atoms in total. The molecule has 0 fully saturated rings. The van der Waals surface area contributed by atoms with Crippen molar-refractivity contribution in [3.8, 4) is 0 Å². The summed E-state index contributed by atoms with van der Waals surface area (Å²) >= 11 is 3.21. The second-order valence-electron chi connectivity index (χ2n) is 4.58. The smallest absolute Gasteiger partial charge is 0.127 e. The first-order valence-corrected chi connectivity index (χ1v) is 6.83. The molecule has 1 atom stereocenters. The van der Waals surface area contributed by atoms with Gasteiger partial charge in [0.15, 0.2) is 0 Å². The fourth-order valence-electron chi connectivity index (χ4n) is 2.06. The Morgan fingerprint density at radius 2 is 2.00 bits per heavy atom. The SMILES string of the molecule is Cc1ccc(C(O)Cc2ccc(Br)cc2F)c(C)n1. The second kappa shape index (κ2) is 5.80. The van der Waals surface area contributed by atoms with Crippen molar-refractivity contribution in [1.29, 1.82) is 0 Å². The standard InChI is InChI=1S/C15H15BrFNO/c1-9-3-6-13(10(2)18-9)15(19)7-11-4-5-12(16)8-14(11)17/h3-6,8,15,19H,7H2,1-2H3. The van der Waals surface area contributed by atoms with Crippen LogP contribution in [0.2, 0.25) is 0 Å². The molecule has 0 aliphatic carbocycles. The van der Waals surface area contributed by atoms with Gasteiger partial charge in [-0.15, -0.1) is 0 Å². The highest BCUT2D eigenvalue weighted by Gasteiger charge is 2.14. The van der Waals surface area contributed by atoms with E-state index in [4.69, 9.17) is 0 Å². The Bertz CT molecular complexity index is 601. The van der Waals surface area contributed by atoms with Gasteiger partial charge in [0, 0.05) is 27.8 Å². The molecule has 1 N–H and O–H groups in total. The Morgan fingerprint density at radius 3 is 2.63 bits per heavy atom. The van der Waals surface area contributed by atoms with Gasteiger partial charge >= 0.3 is 0 Å². The van der Waals surface area contributed by atoms with Gasteiger partial charge in [0.05, 0.1) is 6.10 Å². The maximum Gasteiger partial charge on any atom is 0.127 e. The maximum absolute atomic E-state index is 13.7. The summed E-state index contributed by atoms with van der Waals surface area (Å²) in [5.41, 5.74) is 2.93. The molecule has 19 heavy (non-hydrogen) atoms. The van der Waals surface area contributed by atoms with Gasteiger partial charge in [0.1, 0.15) is 5.82 Å². The molecule has 0 radical (unpaired) electrons. The summed E-state index contributed by atoms with van der Waals surface area (Å²) in [6.45, 7) is 3.75. The molecule has 0 saturated carbocycles. The van der Waals surface area contributed by atoms with Crippen molar-refractivity contribution in [3.05, 3.63) is 63.1 Å². The Labute approximate surface area is 120 Å². The van der Waals surface area contributed by atoms with Crippen molar-refractivity contribution in [2.45, 2.75) is 26.4 Å². The number of halogens is 2. The molecule has 0 aliphatic rings. The number of aryl methyl sites for hydroxylation is 2. The molecule has 0 bridgehead atoms. The average Bonchev–Trinajstić information content (AvgIpc) is 2.32. The van der Waals surface area contributed by atoms with E-state index in [1.807, 2.05) is 26.0 Å². The molecular formula is C15H15BrFNO. The topological polar surface area (TPSA) is 33.1 Å². The molecule has 0 amide bonds. The van der Waals surface area contributed by atoms with Crippen molar-refractivity contribution in [2.75, 3.05) is 0 Å². The Morgan fingerprint density at radius 1 is 1.26 bits per heavy atom. The largest absolute Gasteiger partial charge is 0.388 e. The van der Waals surface area contributed by atoms with Crippen molar-refractivity contribution in [2.24, 2.45) is 0 Å². The number of rotatable bonds is 3. The van der Waals surface area contributed by atoms with Gasteiger partial charge < -0.3 is 5.11 Å². The van der Waals surface area contributed by atoms with Crippen LogP contribution >= 0.6 is 15.9 Å². The molecule has 2 aromatic rings. The van der Waals surface area contributed by atoms with Crippen LogP contribution in [0.5, 0.6) is 0 Å². The first kappa shape index (κ1) is 14.2. The predicted molar refractivity (Wildman–Crippen MR) is 76.5 cm³/mol. The Hall–Kier alpha value is -1.26. The average molecular weight is 324 g/mol. The minimum Gasteiger partial charge on any atom is -0.388 e. The van der Waals surface area contributed by atoms with Crippen LogP contribution < -0.4 is 0 Å². The molecule has 1 unspecified atom stereocenters. The molecular weight excluding hydrogens is 309 g/mol. The van der Waals surface area contributed by atoms with E-state index in [1.54, 1.807) is 12.1 Å². The van der Waals surface area contributed by atoms with E-state index in [-0.39, 0.29) is 12.2 Å². The van der Waals surface area contributed by atoms with E-state index in [0.29, 0.717) is 10.0 Å². The normalized spacial score (nSPS) is 12.5. The maximum atomic E-state index is 13.7. The summed E-state index contributed by atoms with van der Waals surface area (Å²) in [7, 11) is 0. The zero-order valence-electron chi connectivity index (χ0n) is 10.8. The van der Waals surface area contributed by atoms with Gasteiger partial charge in [-0.2, -0.15) is 0 Å². The summed E-state index contributed by atoms with van der Waals surface area (Å²) < 4.78 is 14.4. The number of benzene rings is 1. The van der Waals surface area contributed by atoms with Gasteiger partial charge in [0.25, 0.3) is 0 Å². The minimum atomic E-state index is -0.747. The molecule has 1 aromatic carbocycles. The van der Waals surface area contributed by atoms with E-state index < -0.39 is 6.10 Å². The van der Waals surface area contributed by atoms with E-state index in [2.05, 4.69) is 20.9 Å². The first-order chi connectivity index (χ1) is 8.97. The summed E-state index contributed by atoms with van der Waals surface area (Å²) in [5, 5.41) is 10.2. The second-order valence-corrected chi connectivity index (χ2v) is 5.50. The van der Waals surface area contributed by atoms with Crippen LogP contribution in [0.4, 0.5) is 4.39 Å². The van der Waals surface area contributed by atoms with Crippen LogP contribution in [0.25, 0.3) is 0 Å². The van der Waals surface area contributed by atoms with Crippen LogP contribution in [0.15, 0.2) is 34.8 Å². The van der Waals surface area contributed by atoms with E-state index in [9.17, 15) is 9.50 Å². The molecule has 0 saturated heterocycles. The number of nitrogens with zero attached hydrogens (tertiary/aromatic N) is 1. The third-order valence-electron chi connectivity index (χ3n) is 3.05. The lowest BCUT2D eigenvalue weighted by molar-refractivity contribution is 0.176. The summed E-state index contributed by atoms with van der Waals surface area (Å²) in [4.78, 5) is 4.31. The zero-order valence-corrected chi connectivity index (χ0v) is 12.4. The van der Waals surface area contributed by atoms with Crippen molar-refractivity contribution >= 4 is 15.9 Å². The van der Waals surface area contributed by atoms with Gasteiger partial charge in [-0.1, -0.05) is 28.1 Å². The number of aromatic nitrogens is 1. The van der Waals surface area contributed by atoms with Crippen molar-refractivity contribution < 1.29 is 9.50 Å². The summed E-state index contributed by atoms with van der Waals surface area (Å²) in [6.07, 6.45) is -0.506. The fraction of sp³-hybridized carbons (Fsp3) is 0.267. The van der Waals surface area contributed by atoms with Crippen LogP contribution in [0.3, 0.4) is 0 Å². The number of hydrogen-bond donors (Lipinski definition) is 1. The van der Waals surface area contributed by atoms with Gasteiger partial charge in [-0.05, 0) is 37.6 Å². The Kier molecular flexibility index (Phi) is 4.32. The lowest BCUT2D eigenvalue weighted by Gasteiger charge is -2.14. The highest BCUT2D eigenvalue weighted by atomic mass is 79.9. The van der Waals surface area contributed by atoms with Crippen LogP contribution in [0, 0.1) is 19.7 Å². The highest BCUT2D eigenvalue weighted by molar-refractivity contribution is 9.10. The van der Waals surface area contributed by atoms with Crippen molar-refractivity contribution in [3.63, 3.8) is 0 Å². The summed E-state index contributed by atoms with van der Waals surface area (Å²) in [5.74, 6) is -0.314. The number of aliphatic hydroxyl groups excluding tert-OH is 1. The lowest BCUT2D eigenvalue weighted by atomic mass is 10.00. The molecule has 4 heteroatoms. The molecule has 2 rings (SSSR count). The van der Waals surface area contributed by atoms with Gasteiger partial charge in [-0.3, -0.25) is 4.98 Å². The van der Waals surface area contributed by atoms with Crippen LogP contribution in [-0.2, 0) is 6.42 Å². The monoisotopic (exact) mass is 323 g/mol. The van der Waals surface area contributed by atoms with Crippen LogP contribution in [0.1, 0.15) is 28.6 Å². The van der Waals surface area contributed by atoms with E-state index in [1.165, 1.54) is 6.07 Å². The van der Waals surface area contributed by atoms with Crippen LogP contribution in [-0.4, -0.2) is 10.1 Å². The van der Waals surface area contributed by atoms with Gasteiger partial charge in [0.2, 0.25) is 0 Å². The molecule has 0 aliphatic heterocycles. The molecule has 1 aromatic heterocycles. The zero-order chi connectivity index (χ0) is 14.0. The van der Waals surface area contributed by atoms with Crippen molar-refractivity contribution in [1.82, 2.24) is 4.98 Å². The minimum absolute atomic E-state index is 0.241. The predicted octanol–water partition coefficient (Wildman–Crippen LogP) is 3.88. The molecule has 0 spiro atoms. The molecule has 100 valence electrons. The lowest BCUT2D eigenvalue weighted by Crippen LogP contribution is -2.07. The van der Waals surface area contributed by atoms with Gasteiger partial charge in [-0.25, -0.2) is 4.39 Å². The number of hydrogen-bond acceptors (Lipinski definition) is 2. The summed E-state index contributed by atoms with van der Waals surface area (Å²) in [6, 6.07) is 8.55. The fourth-order valence-corrected chi connectivity index (χ4v) is 2.39. The quantitative estimate of drug-likeness (QED) is 0.929. The first-order valence-electron chi connectivity index (χ1n) is 6.03. The van der Waals surface area contributed by atoms with E-state index in [0.717, 1.165) is 17.0 Å². The highest BCUT2D eigenvalue weighted by Crippen LogP contribution is 2.23. The number of aliphatic hydroxyl groups is 1. The van der Waals surface area contributed by atoms with E-state index >= 15 is 0 Å².